The first-order chi connectivity index (χ1) is 6.81. The summed E-state index contributed by atoms with van der Waals surface area (Å²) >= 11 is 0. The first-order valence-electron chi connectivity index (χ1n) is 5.17. The summed E-state index contributed by atoms with van der Waals surface area (Å²) in [6.45, 7) is 3.39. The van der Waals surface area contributed by atoms with Crippen molar-refractivity contribution < 1.29 is 4.74 Å². The summed E-state index contributed by atoms with van der Waals surface area (Å²) in [7, 11) is 1.73. The number of ether oxygens (including phenoxy) is 1. The van der Waals surface area contributed by atoms with Gasteiger partial charge in [0.2, 0.25) is 0 Å². The van der Waals surface area contributed by atoms with Gasteiger partial charge in [-0.15, -0.1) is 0 Å². The van der Waals surface area contributed by atoms with Crippen molar-refractivity contribution in [1.82, 2.24) is 5.32 Å². The number of methoxy groups -OCH3 is 1. The molecule has 0 amide bonds. The molecule has 1 aliphatic heterocycles. The van der Waals surface area contributed by atoms with Gasteiger partial charge in [-0.3, -0.25) is 0 Å². The molecule has 2 heteroatoms. The minimum absolute atomic E-state index is 0.473. The fourth-order valence-corrected chi connectivity index (χ4v) is 2.10. The Morgan fingerprint density at radius 2 is 2.14 bits per heavy atom. The topological polar surface area (TPSA) is 21.3 Å². The van der Waals surface area contributed by atoms with Crippen LogP contribution in [0.15, 0.2) is 24.3 Å². The highest BCUT2D eigenvalue weighted by atomic mass is 16.5. The number of benzene rings is 1. The molecular weight excluding hydrogens is 174 g/mol. The van der Waals surface area contributed by atoms with Crippen LogP contribution in [-0.4, -0.2) is 13.7 Å². The van der Waals surface area contributed by atoms with Gasteiger partial charge >= 0.3 is 0 Å². The third kappa shape index (κ3) is 1.75. The molecule has 1 aromatic carbocycles. The number of hydrogen-bond donors (Lipinski definition) is 1. The minimum Gasteiger partial charge on any atom is -0.496 e. The molecule has 2 rings (SSSR count). The molecule has 1 saturated heterocycles. The summed E-state index contributed by atoms with van der Waals surface area (Å²) in [5.74, 6) is 1.77. The SMILES string of the molecule is COc1ccccc1C1CC(C)CN1. The molecule has 76 valence electrons. The summed E-state index contributed by atoms with van der Waals surface area (Å²) in [4.78, 5) is 0. The van der Waals surface area contributed by atoms with Gasteiger partial charge < -0.3 is 10.1 Å². The Morgan fingerprint density at radius 3 is 2.79 bits per heavy atom. The number of nitrogens with one attached hydrogen (secondary N) is 1. The van der Waals surface area contributed by atoms with Gasteiger partial charge in [0, 0.05) is 11.6 Å². The van der Waals surface area contributed by atoms with Gasteiger partial charge in [0.1, 0.15) is 5.75 Å². The molecule has 2 atom stereocenters. The van der Waals surface area contributed by atoms with Crippen molar-refractivity contribution in [3.8, 4) is 5.75 Å². The van der Waals surface area contributed by atoms with E-state index in [-0.39, 0.29) is 0 Å². The summed E-state index contributed by atoms with van der Waals surface area (Å²) in [5, 5.41) is 3.52. The van der Waals surface area contributed by atoms with E-state index in [9.17, 15) is 0 Å². The van der Waals surface area contributed by atoms with Crippen LogP contribution in [0, 0.1) is 5.92 Å². The summed E-state index contributed by atoms with van der Waals surface area (Å²) < 4.78 is 5.35. The Bertz CT molecular complexity index is 311. The van der Waals surface area contributed by atoms with E-state index in [0.717, 1.165) is 18.2 Å². The van der Waals surface area contributed by atoms with Gasteiger partial charge in [-0.25, -0.2) is 0 Å². The second-order valence-corrected chi connectivity index (χ2v) is 4.04. The third-order valence-corrected chi connectivity index (χ3v) is 2.87. The Morgan fingerprint density at radius 1 is 1.36 bits per heavy atom. The maximum Gasteiger partial charge on any atom is 0.123 e. The van der Waals surface area contributed by atoms with Gasteiger partial charge in [-0.05, 0) is 24.9 Å². The van der Waals surface area contributed by atoms with E-state index >= 15 is 0 Å². The molecular formula is C12H17NO. The highest BCUT2D eigenvalue weighted by Gasteiger charge is 2.23. The Hall–Kier alpha value is -1.02. The largest absolute Gasteiger partial charge is 0.496 e. The molecule has 0 radical (unpaired) electrons. The highest BCUT2D eigenvalue weighted by Crippen LogP contribution is 2.32. The maximum absolute atomic E-state index is 5.35. The number of rotatable bonds is 2. The van der Waals surface area contributed by atoms with Crippen LogP contribution < -0.4 is 10.1 Å². The van der Waals surface area contributed by atoms with Crippen LogP contribution in [0.5, 0.6) is 5.75 Å². The second-order valence-electron chi connectivity index (χ2n) is 4.04. The zero-order valence-corrected chi connectivity index (χ0v) is 8.79. The lowest BCUT2D eigenvalue weighted by Crippen LogP contribution is -2.14. The lowest BCUT2D eigenvalue weighted by atomic mass is 10.0. The van der Waals surface area contributed by atoms with Gasteiger partial charge in [0.05, 0.1) is 7.11 Å². The van der Waals surface area contributed by atoms with E-state index in [2.05, 4.69) is 24.4 Å². The zero-order chi connectivity index (χ0) is 9.97. The van der Waals surface area contributed by atoms with Crippen molar-refractivity contribution >= 4 is 0 Å². The average Bonchev–Trinajstić information content (AvgIpc) is 2.65. The molecule has 0 saturated carbocycles. The van der Waals surface area contributed by atoms with Crippen LogP contribution in [0.1, 0.15) is 24.9 Å². The van der Waals surface area contributed by atoms with E-state index < -0.39 is 0 Å². The van der Waals surface area contributed by atoms with Crippen molar-refractivity contribution in [1.29, 1.82) is 0 Å². The lowest BCUT2D eigenvalue weighted by Gasteiger charge is -2.14. The molecule has 0 aromatic heterocycles. The fraction of sp³-hybridized carbons (Fsp3) is 0.500. The van der Waals surface area contributed by atoms with Gasteiger partial charge in [0.15, 0.2) is 0 Å². The van der Waals surface area contributed by atoms with Gasteiger partial charge in [0.25, 0.3) is 0 Å². The van der Waals surface area contributed by atoms with Gasteiger partial charge in [-0.2, -0.15) is 0 Å². The molecule has 0 aliphatic carbocycles. The van der Waals surface area contributed by atoms with Crippen LogP contribution in [0.3, 0.4) is 0 Å². The van der Waals surface area contributed by atoms with Crippen molar-refractivity contribution in [2.75, 3.05) is 13.7 Å². The lowest BCUT2D eigenvalue weighted by molar-refractivity contribution is 0.403. The smallest absolute Gasteiger partial charge is 0.123 e. The molecule has 1 heterocycles. The molecule has 2 unspecified atom stereocenters. The first-order valence-corrected chi connectivity index (χ1v) is 5.17. The van der Waals surface area contributed by atoms with E-state index in [0.29, 0.717) is 6.04 Å². The second kappa shape index (κ2) is 4.01. The van der Waals surface area contributed by atoms with Gasteiger partial charge in [-0.1, -0.05) is 25.1 Å². The Balaban J connectivity index is 2.22. The standard InChI is InChI=1S/C12H17NO/c1-9-7-11(13-8-9)10-5-3-4-6-12(10)14-2/h3-6,9,11,13H,7-8H2,1-2H3. The van der Waals surface area contributed by atoms with Crippen molar-refractivity contribution in [2.45, 2.75) is 19.4 Å². The third-order valence-electron chi connectivity index (χ3n) is 2.87. The summed E-state index contributed by atoms with van der Waals surface area (Å²) in [6, 6.07) is 8.73. The molecule has 14 heavy (non-hydrogen) atoms. The van der Waals surface area contributed by atoms with Crippen molar-refractivity contribution in [2.24, 2.45) is 5.92 Å². The number of hydrogen-bond acceptors (Lipinski definition) is 2. The van der Waals surface area contributed by atoms with Crippen LogP contribution >= 0.6 is 0 Å². The van der Waals surface area contributed by atoms with Crippen LogP contribution in [0.25, 0.3) is 0 Å². The quantitative estimate of drug-likeness (QED) is 0.775. The average molecular weight is 191 g/mol. The highest BCUT2D eigenvalue weighted by molar-refractivity contribution is 5.36. The number of para-hydroxylation sites is 1. The van der Waals surface area contributed by atoms with E-state index in [1.54, 1.807) is 7.11 Å². The monoisotopic (exact) mass is 191 g/mol. The maximum atomic E-state index is 5.35. The van der Waals surface area contributed by atoms with Crippen LogP contribution in [0.2, 0.25) is 0 Å². The van der Waals surface area contributed by atoms with Crippen molar-refractivity contribution in [3.05, 3.63) is 29.8 Å². The summed E-state index contributed by atoms with van der Waals surface area (Å²) in [5.41, 5.74) is 1.29. The molecule has 1 aromatic rings. The predicted octanol–water partition coefficient (Wildman–Crippen LogP) is 2.37. The molecule has 1 N–H and O–H groups in total. The normalized spacial score (nSPS) is 26.4. The zero-order valence-electron chi connectivity index (χ0n) is 8.79. The van der Waals surface area contributed by atoms with E-state index in [1.165, 1.54) is 12.0 Å². The molecule has 0 bridgehead atoms. The molecule has 0 spiro atoms. The van der Waals surface area contributed by atoms with E-state index in [1.807, 2.05) is 12.1 Å². The first kappa shape index (κ1) is 9.53. The predicted molar refractivity (Wildman–Crippen MR) is 57.5 cm³/mol. The van der Waals surface area contributed by atoms with Crippen LogP contribution in [0.4, 0.5) is 0 Å². The van der Waals surface area contributed by atoms with Crippen molar-refractivity contribution in [3.63, 3.8) is 0 Å². The van der Waals surface area contributed by atoms with Crippen LogP contribution in [-0.2, 0) is 0 Å². The molecule has 2 nitrogen and oxygen atoms in total. The summed E-state index contributed by atoms with van der Waals surface area (Å²) in [6.07, 6.45) is 1.21. The minimum atomic E-state index is 0.473. The molecule has 1 aliphatic rings. The Kier molecular flexibility index (Phi) is 2.73. The fourth-order valence-electron chi connectivity index (χ4n) is 2.10. The molecule has 1 fully saturated rings. The van der Waals surface area contributed by atoms with E-state index in [4.69, 9.17) is 4.74 Å². The Labute approximate surface area is 85.3 Å².